The molecule has 1 amide bonds. The van der Waals surface area contributed by atoms with E-state index in [0.717, 1.165) is 25.1 Å². The van der Waals surface area contributed by atoms with Crippen LogP contribution in [0.4, 0.5) is 5.69 Å². The van der Waals surface area contributed by atoms with Gasteiger partial charge in [-0.15, -0.1) is 11.8 Å². The average Bonchev–Trinajstić information content (AvgIpc) is 2.72. The van der Waals surface area contributed by atoms with E-state index in [1.807, 2.05) is 11.8 Å². The van der Waals surface area contributed by atoms with Gasteiger partial charge in [-0.1, -0.05) is 31.9 Å². The molecule has 0 bridgehead atoms. The zero-order chi connectivity index (χ0) is 15.4. The molecule has 2 aliphatic rings. The molecule has 3 rings (SSSR count). The molecule has 0 aromatic heterocycles. The summed E-state index contributed by atoms with van der Waals surface area (Å²) in [6, 6.07) is 8.83. The first-order valence-electron chi connectivity index (χ1n) is 8.50. The van der Waals surface area contributed by atoms with Crippen molar-refractivity contribution in [3.63, 3.8) is 0 Å². The fourth-order valence-corrected chi connectivity index (χ4v) is 4.53. The second kappa shape index (κ2) is 7.40. The molecular formula is C18H26N2OS. The van der Waals surface area contributed by atoms with E-state index in [4.69, 9.17) is 0 Å². The summed E-state index contributed by atoms with van der Waals surface area (Å²) in [6.07, 6.45) is 6.07. The van der Waals surface area contributed by atoms with Gasteiger partial charge < -0.3 is 10.2 Å². The first-order chi connectivity index (χ1) is 10.7. The quantitative estimate of drug-likeness (QED) is 0.922. The Morgan fingerprint density at radius 1 is 1.27 bits per heavy atom. The van der Waals surface area contributed by atoms with E-state index in [-0.39, 0.29) is 5.91 Å². The summed E-state index contributed by atoms with van der Waals surface area (Å²) in [4.78, 5) is 16.0. The van der Waals surface area contributed by atoms with Gasteiger partial charge in [0.1, 0.15) is 0 Å². The summed E-state index contributed by atoms with van der Waals surface area (Å²) >= 11 is 1.90. The third-order valence-electron chi connectivity index (χ3n) is 4.83. The highest BCUT2D eigenvalue weighted by Crippen LogP contribution is 2.33. The van der Waals surface area contributed by atoms with Crippen molar-refractivity contribution in [3.8, 4) is 0 Å². The molecule has 1 saturated carbocycles. The van der Waals surface area contributed by atoms with Crippen molar-refractivity contribution >= 4 is 23.4 Å². The summed E-state index contributed by atoms with van der Waals surface area (Å²) in [6.45, 7) is 3.72. The van der Waals surface area contributed by atoms with Crippen LogP contribution < -0.4 is 10.2 Å². The lowest BCUT2D eigenvalue weighted by atomic mass is 9.86. The van der Waals surface area contributed by atoms with Crippen molar-refractivity contribution in [3.05, 3.63) is 24.3 Å². The molecule has 1 aliphatic heterocycles. The SMILES string of the molecule is C[C@@H]1CCCC[C@H]1NC(=O)CN1CCCSc2ccccc21. The van der Waals surface area contributed by atoms with Crippen LogP contribution in [0.25, 0.3) is 0 Å². The minimum atomic E-state index is 0.181. The largest absolute Gasteiger partial charge is 0.361 e. The number of para-hydroxylation sites is 1. The Morgan fingerprint density at radius 2 is 2.09 bits per heavy atom. The molecule has 1 aromatic rings. The summed E-state index contributed by atoms with van der Waals surface area (Å²) in [5, 5.41) is 3.28. The predicted molar refractivity (Wildman–Crippen MR) is 93.6 cm³/mol. The maximum Gasteiger partial charge on any atom is 0.239 e. The van der Waals surface area contributed by atoms with Crippen molar-refractivity contribution in [1.82, 2.24) is 5.32 Å². The predicted octanol–water partition coefficient (Wildman–Crippen LogP) is 3.68. The summed E-state index contributed by atoms with van der Waals surface area (Å²) < 4.78 is 0. The molecule has 1 aliphatic carbocycles. The Labute approximate surface area is 137 Å². The highest BCUT2D eigenvalue weighted by Gasteiger charge is 2.24. The van der Waals surface area contributed by atoms with E-state index < -0.39 is 0 Å². The van der Waals surface area contributed by atoms with E-state index in [1.54, 1.807) is 0 Å². The van der Waals surface area contributed by atoms with Gasteiger partial charge >= 0.3 is 0 Å². The first-order valence-corrected chi connectivity index (χ1v) is 9.49. The summed E-state index contributed by atoms with van der Waals surface area (Å²) in [7, 11) is 0. The lowest BCUT2D eigenvalue weighted by Crippen LogP contribution is -2.46. The second-order valence-corrected chi connectivity index (χ2v) is 7.66. The number of fused-ring (bicyclic) bond motifs is 1. The Bertz CT molecular complexity index is 520. The van der Waals surface area contributed by atoms with E-state index in [1.165, 1.54) is 29.8 Å². The van der Waals surface area contributed by atoms with Crippen LogP contribution in [0.3, 0.4) is 0 Å². The molecule has 2 atom stereocenters. The zero-order valence-corrected chi connectivity index (χ0v) is 14.2. The maximum atomic E-state index is 12.5. The minimum Gasteiger partial charge on any atom is -0.361 e. The van der Waals surface area contributed by atoms with Crippen molar-refractivity contribution in [2.45, 2.75) is 50.0 Å². The van der Waals surface area contributed by atoms with Crippen LogP contribution in [-0.2, 0) is 4.79 Å². The van der Waals surface area contributed by atoms with Crippen molar-refractivity contribution < 1.29 is 4.79 Å². The van der Waals surface area contributed by atoms with Crippen molar-refractivity contribution in [2.24, 2.45) is 5.92 Å². The van der Waals surface area contributed by atoms with Gasteiger partial charge in [-0.3, -0.25) is 4.79 Å². The monoisotopic (exact) mass is 318 g/mol. The molecule has 22 heavy (non-hydrogen) atoms. The van der Waals surface area contributed by atoms with Gasteiger partial charge in [-0.2, -0.15) is 0 Å². The Balaban J connectivity index is 1.63. The van der Waals surface area contributed by atoms with Gasteiger partial charge in [0, 0.05) is 17.5 Å². The number of hydrogen-bond acceptors (Lipinski definition) is 3. The van der Waals surface area contributed by atoms with E-state index in [0.29, 0.717) is 18.5 Å². The number of nitrogens with zero attached hydrogens (tertiary/aromatic N) is 1. The number of benzene rings is 1. The molecule has 3 nitrogen and oxygen atoms in total. The van der Waals surface area contributed by atoms with E-state index >= 15 is 0 Å². The molecule has 0 saturated heterocycles. The van der Waals surface area contributed by atoms with Gasteiger partial charge in [0.05, 0.1) is 12.2 Å². The van der Waals surface area contributed by atoms with Gasteiger partial charge in [-0.25, -0.2) is 0 Å². The number of thioether (sulfide) groups is 1. The topological polar surface area (TPSA) is 32.3 Å². The number of amides is 1. The van der Waals surface area contributed by atoms with Crippen LogP contribution in [0.5, 0.6) is 0 Å². The number of hydrogen-bond donors (Lipinski definition) is 1. The molecule has 1 aromatic carbocycles. The van der Waals surface area contributed by atoms with Crippen LogP contribution in [0.1, 0.15) is 39.0 Å². The maximum absolute atomic E-state index is 12.5. The molecule has 0 radical (unpaired) electrons. The van der Waals surface area contributed by atoms with E-state index in [2.05, 4.69) is 41.4 Å². The van der Waals surface area contributed by atoms with Crippen LogP contribution >= 0.6 is 11.8 Å². The molecule has 1 fully saturated rings. The molecule has 1 N–H and O–H groups in total. The molecule has 4 heteroatoms. The van der Waals surface area contributed by atoms with Crippen LogP contribution in [0, 0.1) is 5.92 Å². The van der Waals surface area contributed by atoms with E-state index in [9.17, 15) is 4.79 Å². The van der Waals surface area contributed by atoms with Gasteiger partial charge in [-0.05, 0) is 43.1 Å². The number of anilines is 1. The lowest BCUT2D eigenvalue weighted by molar-refractivity contribution is -0.121. The van der Waals surface area contributed by atoms with Gasteiger partial charge in [0.15, 0.2) is 0 Å². The first kappa shape index (κ1) is 15.7. The smallest absolute Gasteiger partial charge is 0.239 e. The molecule has 0 unspecified atom stereocenters. The molecular weight excluding hydrogens is 292 g/mol. The number of nitrogens with one attached hydrogen (secondary N) is 1. The number of carbonyl (C=O) groups excluding carboxylic acids is 1. The molecule has 120 valence electrons. The van der Waals surface area contributed by atoms with Gasteiger partial charge in [0.2, 0.25) is 5.91 Å². The third kappa shape index (κ3) is 3.78. The number of rotatable bonds is 3. The molecule has 1 heterocycles. The normalized spacial score (nSPS) is 25.2. The van der Waals surface area contributed by atoms with Crippen LogP contribution in [0.15, 0.2) is 29.2 Å². The zero-order valence-electron chi connectivity index (χ0n) is 13.4. The van der Waals surface area contributed by atoms with Crippen LogP contribution in [0.2, 0.25) is 0 Å². The highest BCUT2D eigenvalue weighted by atomic mass is 32.2. The van der Waals surface area contributed by atoms with Crippen LogP contribution in [-0.4, -0.2) is 30.8 Å². The Morgan fingerprint density at radius 3 is 2.95 bits per heavy atom. The summed E-state index contributed by atoms with van der Waals surface area (Å²) in [5.41, 5.74) is 1.22. The fraction of sp³-hybridized carbons (Fsp3) is 0.611. The highest BCUT2D eigenvalue weighted by molar-refractivity contribution is 7.99. The summed E-state index contributed by atoms with van der Waals surface area (Å²) in [5.74, 6) is 1.93. The minimum absolute atomic E-state index is 0.181. The number of carbonyl (C=O) groups is 1. The van der Waals surface area contributed by atoms with Gasteiger partial charge in [0.25, 0.3) is 0 Å². The Hall–Kier alpha value is -1.16. The van der Waals surface area contributed by atoms with Crippen molar-refractivity contribution in [1.29, 1.82) is 0 Å². The third-order valence-corrected chi connectivity index (χ3v) is 5.98. The fourth-order valence-electron chi connectivity index (χ4n) is 3.52. The second-order valence-electron chi connectivity index (χ2n) is 6.53. The average molecular weight is 318 g/mol. The standard InChI is InChI=1S/C18H26N2OS/c1-14-7-2-3-8-15(14)19-18(21)13-20-11-6-12-22-17-10-5-4-9-16(17)20/h4-5,9-10,14-15H,2-3,6-8,11-13H2,1H3,(H,19,21)/t14-,15-/m1/s1. The molecule has 0 spiro atoms. The lowest BCUT2D eigenvalue weighted by Gasteiger charge is -2.31. The van der Waals surface area contributed by atoms with Crippen molar-refractivity contribution in [2.75, 3.05) is 23.7 Å². The Kier molecular flexibility index (Phi) is 5.29.